The fourth-order valence-electron chi connectivity index (χ4n) is 3.77. The second-order valence-electron chi connectivity index (χ2n) is 7.80. The van der Waals surface area contributed by atoms with Crippen LogP contribution in [0.15, 0.2) is 54.6 Å². The van der Waals surface area contributed by atoms with E-state index in [1.807, 2.05) is 36.4 Å². The Labute approximate surface area is 173 Å². The Bertz CT molecular complexity index is 807. The standard InChI is InChI=1S/C24H31N3O2/c1-19-9-7-8-14-27(19)18-22-13-6-5-12-21(22)16-25-24(29)17-26-23(28)15-20-10-3-2-4-11-20/h2-6,10-13,19H,7-9,14-18H2,1H3,(H,25,29)(H,26,28)/t19-/m1/s1. The lowest BCUT2D eigenvalue weighted by molar-refractivity contribution is -0.125. The van der Waals surface area contributed by atoms with Gasteiger partial charge in [-0.1, -0.05) is 61.0 Å². The van der Waals surface area contributed by atoms with Crippen LogP contribution < -0.4 is 10.6 Å². The Hall–Kier alpha value is -2.66. The van der Waals surface area contributed by atoms with Gasteiger partial charge in [-0.15, -0.1) is 0 Å². The van der Waals surface area contributed by atoms with E-state index in [-0.39, 0.29) is 24.8 Å². The number of amides is 2. The molecule has 154 valence electrons. The largest absolute Gasteiger partial charge is 0.350 e. The lowest BCUT2D eigenvalue weighted by Crippen LogP contribution is -2.38. The lowest BCUT2D eigenvalue weighted by Gasteiger charge is -2.33. The summed E-state index contributed by atoms with van der Waals surface area (Å²) < 4.78 is 0. The minimum absolute atomic E-state index is 0.00298. The molecular weight excluding hydrogens is 362 g/mol. The highest BCUT2D eigenvalue weighted by Gasteiger charge is 2.19. The zero-order valence-corrected chi connectivity index (χ0v) is 17.2. The van der Waals surface area contributed by atoms with Gasteiger partial charge in [0.1, 0.15) is 0 Å². The molecule has 0 spiro atoms. The van der Waals surface area contributed by atoms with Gasteiger partial charge in [0.2, 0.25) is 11.8 Å². The summed E-state index contributed by atoms with van der Waals surface area (Å²) in [4.78, 5) is 26.7. The molecule has 2 aromatic rings. The summed E-state index contributed by atoms with van der Waals surface area (Å²) in [5, 5.41) is 5.63. The van der Waals surface area contributed by atoms with Crippen molar-refractivity contribution < 1.29 is 9.59 Å². The zero-order valence-electron chi connectivity index (χ0n) is 17.2. The highest BCUT2D eigenvalue weighted by molar-refractivity contribution is 5.85. The van der Waals surface area contributed by atoms with E-state index in [1.165, 1.54) is 24.8 Å². The van der Waals surface area contributed by atoms with E-state index in [9.17, 15) is 9.59 Å². The molecule has 5 heteroatoms. The summed E-state index contributed by atoms with van der Waals surface area (Å²) >= 11 is 0. The van der Waals surface area contributed by atoms with Gasteiger partial charge in [0.25, 0.3) is 0 Å². The van der Waals surface area contributed by atoms with E-state index in [0.717, 1.165) is 24.2 Å². The average molecular weight is 394 g/mol. The molecule has 0 radical (unpaired) electrons. The lowest BCUT2D eigenvalue weighted by atomic mass is 10.0. The number of likely N-dealkylation sites (tertiary alicyclic amines) is 1. The predicted molar refractivity (Wildman–Crippen MR) is 115 cm³/mol. The van der Waals surface area contributed by atoms with Crippen molar-refractivity contribution in [1.29, 1.82) is 0 Å². The van der Waals surface area contributed by atoms with Gasteiger partial charge in [0.15, 0.2) is 0 Å². The zero-order chi connectivity index (χ0) is 20.5. The number of piperidine rings is 1. The molecular formula is C24H31N3O2. The Morgan fingerprint density at radius 1 is 0.931 bits per heavy atom. The number of benzene rings is 2. The molecule has 0 unspecified atom stereocenters. The van der Waals surface area contributed by atoms with Crippen LogP contribution in [-0.2, 0) is 29.1 Å². The highest BCUT2D eigenvalue weighted by Crippen LogP contribution is 2.20. The van der Waals surface area contributed by atoms with Gasteiger partial charge < -0.3 is 10.6 Å². The Kier molecular flexibility index (Phi) is 7.82. The minimum atomic E-state index is -0.174. The Morgan fingerprint density at radius 2 is 1.66 bits per heavy atom. The maximum atomic E-state index is 12.2. The molecule has 0 bridgehead atoms. The normalized spacial score (nSPS) is 16.9. The van der Waals surface area contributed by atoms with Gasteiger partial charge in [0, 0.05) is 19.1 Å². The van der Waals surface area contributed by atoms with Gasteiger partial charge in [-0.25, -0.2) is 0 Å². The van der Waals surface area contributed by atoms with Crippen molar-refractivity contribution in [2.75, 3.05) is 13.1 Å². The molecule has 0 saturated carbocycles. The molecule has 1 heterocycles. The van der Waals surface area contributed by atoms with Gasteiger partial charge in [0.05, 0.1) is 13.0 Å². The first-order valence-electron chi connectivity index (χ1n) is 10.5. The number of carbonyl (C=O) groups is 2. The van der Waals surface area contributed by atoms with Crippen LogP contribution in [0.5, 0.6) is 0 Å². The average Bonchev–Trinajstić information content (AvgIpc) is 2.74. The maximum Gasteiger partial charge on any atom is 0.239 e. The molecule has 2 N–H and O–H groups in total. The minimum Gasteiger partial charge on any atom is -0.350 e. The van der Waals surface area contributed by atoms with E-state index < -0.39 is 0 Å². The third kappa shape index (κ3) is 6.71. The van der Waals surface area contributed by atoms with Crippen molar-refractivity contribution in [3.63, 3.8) is 0 Å². The molecule has 0 aliphatic carbocycles. The van der Waals surface area contributed by atoms with Gasteiger partial charge in [-0.3, -0.25) is 14.5 Å². The number of nitrogens with zero attached hydrogens (tertiary/aromatic N) is 1. The smallest absolute Gasteiger partial charge is 0.239 e. The third-order valence-electron chi connectivity index (χ3n) is 5.56. The number of nitrogens with one attached hydrogen (secondary N) is 2. The number of hydrogen-bond acceptors (Lipinski definition) is 3. The SMILES string of the molecule is C[C@@H]1CCCCN1Cc1ccccc1CNC(=O)CNC(=O)Cc1ccccc1. The molecule has 29 heavy (non-hydrogen) atoms. The third-order valence-corrected chi connectivity index (χ3v) is 5.56. The van der Waals surface area contributed by atoms with E-state index in [2.05, 4.69) is 40.7 Å². The van der Waals surface area contributed by atoms with Crippen LogP contribution in [0.25, 0.3) is 0 Å². The number of hydrogen-bond donors (Lipinski definition) is 2. The van der Waals surface area contributed by atoms with Crippen molar-refractivity contribution in [3.8, 4) is 0 Å². The fraction of sp³-hybridized carbons (Fsp3) is 0.417. The fourth-order valence-corrected chi connectivity index (χ4v) is 3.77. The second kappa shape index (κ2) is 10.8. The molecule has 1 fully saturated rings. The summed E-state index contributed by atoms with van der Waals surface area (Å²) in [7, 11) is 0. The Morgan fingerprint density at radius 3 is 2.41 bits per heavy atom. The first-order chi connectivity index (χ1) is 14.1. The van der Waals surface area contributed by atoms with Gasteiger partial charge >= 0.3 is 0 Å². The summed E-state index contributed by atoms with van der Waals surface area (Å²) in [6, 6.07) is 18.4. The quantitative estimate of drug-likeness (QED) is 0.725. The first-order valence-corrected chi connectivity index (χ1v) is 10.5. The molecule has 2 aromatic carbocycles. The van der Waals surface area contributed by atoms with Crippen LogP contribution in [0.1, 0.15) is 42.9 Å². The summed E-state index contributed by atoms with van der Waals surface area (Å²) in [6.07, 6.45) is 4.10. The van der Waals surface area contributed by atoms with Crippen LogP contribution in [-0.4, -0.2) is 35.8 Å². The Balaban J connectivity index is 1.45. The van der Waals surface area contributed by atoms with Crippen molar-refractivity contribution in [2.45, 2.75) is 51.7 Å². The van der Waals surface area contributed by atoms with Crippen LogP contribution in [0.3, 0.4) is 0 Å². The molecule has 5 nitrogen and oxygen atoms in total. The molecule has 1 atom stereocenters. The first kappa shape index (κ1) is 21.1. The predicted octanol–water partition coefficient (Wildman–Crippen LogP) is 3.04. The second-order valence-corrected chi connectivity index (χ2v) is 7.80. The molecule has 0 aromatic heterocycles. The van der Waals surface area contributed by atoms with Crippen molar-refractivity contribution >= 4 is 11.8 Å². The van der Waals surface area contributed by atoms with Crippen LogP contribution in [0, 0.1) is 0 Å². The van der Waals surface area contributed by atoms with Gasteiger partial charge in [-0.05, 0) is 43.0 Å². The highest BCUT2D eigenvalue weighted by atomic mass is 16.2. The summed E-state index contributed by atoms with van der Waals surface area (Å²) in [6.45, 7) is 4.82. The van der Waals surface area contributed by atoms with Crippen LogP contribution in [0.2, 0.25) is 0 Å². The topological polar surface area (TPSA) is 61.4 Å². The number of carbonyl (C=O) groups excluding carboxylic acids is 2. The van der Waals surface area contributed by atoms with Crippen LogP contribution >= 0.6 is 0 Å². The molecule has 1 aliphatic rings. The van der Waals surface area contributed by atoms with Crippen molar-refractivity contribution in [1.82, 2.24) is 15.5 Å². The van der Waals surface area contributed by atoms with E-state index in [0.29, 0.717) is 12.6 Å². The van der Waals surface area contributed by atoms with Gasteiger partial charge in [-0.2, -0.15) is 0 Å². The van der Waals surface area contributed by atoms with E-state index in [1.54, 1.807) is 0 Å². The molecule has 1 aliphatic heterocycles. The summed E-state index contributed by atoms with van der Waals surface area (Å²) in [5.74, 6) is -0.321. The van der Waals surface area contributed by atoms with Crippen molar-refractivity contribution in [2.24, 2.45) is 0 Å². The van der Waals surface area contributed by atoms with Crippen molar-refractivity contribution in [3.05, 3.63) is 71.3 Å². The van der Waals surface area contributed by atoms with E-state index >= 15 is 0 Å². The maximum absolute atomic E-state index is 12.2. The molecule has 1 saturated heterocycles. The number of rotatable bonds is 8. The monoisotopic (exact) mass is 393 g/mol. The van der Waals surface area contributed by atoms with E-state index in [4.69, 9.17) is 0 Å². The summed E-state index contributed by atoms with van der Waals surface area (Å²) in [5.41, 5.74) is 3.33. The van der Waals surface area contributed by atoms with Crippen LogP contribution in [0.4, 0.5) is 0 Å². The molecule has 2 amide bonds. The molecule has 3 rings (SSSR count).